The number of hydrogen-bond acceptors (Lipinski definition) is 4. The lowest BCUT2D eigenvalue weighted by Gasteiger charge is -2.30. The van der Waals surface area contributed by atoms with Gasteiger partial charge in [-0.05, 0) is 39.5 Å². The predicted octanol–water partition coefficient (Wildman–Crippen LogP) is 2.44. The van der Waals surface area contributed by atoms with Crippen molar-refractivity contribution in [2.24, 2.45) is 0 Å². The van der Waals surface area contributed by atoms with E-state index in [4.69, 9.17) is 5.11 Å². The van der Waals surface area contributed by atoms with Gasteiger partial charge in [0.1, 0.15) is 12.1 Å². The second kappa shape index (κ2) is 6.68. The van der Waals surface area contributed by atoms with E-state index in [1.807, 2.05) is 13.8 Å². The van der Waals surface area contributed by atoms with Gasteiger partial charge in [0, 0.05) is 23.8 Å². The Morgan fingerprint density at radius 1 is 1.35 bits per heavy atom. The third-order valence-corrected chi connectivity index (χ3v) is 3.97. The number of fused-ring (bicyclic) bond motifs is 1. The van der Waals surface area contributed by atoms with Gasteiger partial charge in [-0.3, -0.25) is 4.79 Å². The van der Waals surface area contributed by atoms with Crippen molar-refractivity contribution in [2.45, 2.75) is 58.4 Å². The van der Waals surface area contributed by atoms with E-state index in [-0.39, 0.29) is 12.5 Å². The molecule has 0 amide bonds. The van der Waals surface area contributed by atoms with Crippen molar-refractivity contribution in [3.05, 3.63) is 17.6 Å². The normalized spacial score (nSPS) is 16.1. The van der Waals surface area contributed by atoms with E-state index in [1.165, 1.54) is 18.4 Å². The molecule has 1 atom stereocenters. The van der Waals surface area contributed by atoms with Crippen molar-refractivity contribution in [2.75, 3.05) is 11.4 Å². The molecule has 1 N–H and O–H groups in total. The van der Waals surface area contributed by atoms with E-state index in [2.05, 4.69) is 14.9 Å². The summed E-state index contributed by atoms with van der Waals surface area (Å²) in [7, 11) is 0. The Balaban J connectivity index is 2.32. The van der Waals surface area contributed by atoms with Crippen LogP contribution in [0.25, 0.3) is 0 Å². The first-order valence-electron chi connectivity index (χ1n) is 7.44. The molecule has 0 saturated heterocycles. The molecule has 2 rings (SSSR count). The predicted molar refractivity (Wildman–Crippen MR) is 78.0 cm³/mol. The van der Waals surface area contributed by atoms with Gasteiger partial charge in [0.15, 0.2) is 0 Å². The van der Waals surface area contributed by atoms with Gasteiger partial charge >= 0.3 is 5.97 Å². The lowest BCUT2D eigenvalue weighted by Crippen LogP contribution is -2.36. The average molecular weight is 277 g/mol. The molecule has 1 aromatic rings. The van der Waals surface area contributed by atoms with Crippen LogP contribution in [-0.2, 0) is 17.6 Å². The first-order valence-corrected chi connectivity index (χ1v) is 7.44. The van der Waals surface area contributed by atoms with E-state index >= 15 is 0 Å². The van der Waals surface area contributed by atoms with Crippen molar-refractivity contribution in [3.8, 4) is 0 Å². The lowest BCUT2D eigenvalue weighted by molar-refractivity contribution is -0.137. The summed E-state index contributed by atoms with van der Waals surface area (Å²) in [6, 6.07) is -0.0558. The molecule has 110 valence electrons. The monoisotopic (exact) mass is 277 g/mol. The second-order valence-electron chi connectivity index (χ2n) is 5.42. The molecular formula is C15H23N3O2. The maximum Gasteiger partial charge on any atom is 0.305 e. The van der Waals surface area contributed by atoms with Gasteiger partial charge in [-0.2, -0.15) is 0 Å². The zero-order valence-electron chi connectivity index (χ0n) is 12.3. The zero-order valence-corrected chi connectivity index (χ0v) is 12.3. The summed E-state index contributed by atoms with van der Waals surface area (Å²) in [6.07, 6.45) is 7.34. The van der Waals surface area contributed by atoms with Gasteiger partial charge < -0.3 is 10.0 Å². The number of carbonyl (C=O) groups is 1. The van der Waals surface area contributed by atoms with Gasteiger partial charge in [0.2, 0.25) is 0 Å². The number of aromatic nitrogens is 2. The Bertz CT molecular complexity index is 476. The average Bonchev–Trinajstić information content (AvgIpc) is 2.64. The Hall–Kier alpha value is -1.65. The molecule has 5 heteroatoms. The van der Waals surface area contributed by atoms with E-state index in [0.717, 1.165) is 37.3 Å². The molecule has 0 saturated carbocycles. The van der Waals surface area contributed by atoms with Crippen molar-refractivity contribution >= 4 is 11.8 Å². The fourth-order valence-electron chi connectivity index (χ4n) is 2.96. The molecule has 0 radical (unpaired) electrons. The Morgan fingerprint density at radius 3 is 2.80 bits per heavy atom. The van der Waals surface area contributed by atoms with Crippen LogP contribution < -0.4 is 4.90 Å². The lowest BCUT2D eigenvalue weighted by atomic mass is 10.1. The minimum atomic E-state index is -0.768. The Kier molecular flexibility index (Phi) is 4.93. The summed E-state index contributed by atoms with van der Waals surface area (Å²) < 4.78 is 0. The highest BCUT2D eigenvalue weighted by atomic mass is 16.4. The first-order chi connectivity index (χ1) is 9.63. The number of aliphatic carboxylic acids is 1. The zero-order chi connectivity index (χ0) is 14.5. The van der Waals surface area contributed by atoms with E-state index < -0.39 is 5.97 Å². The number of rotatable bonds is 5. The van der Waals surface area contributed by atoms with Crippen LogP contribution >= 0.6 is 0 Å². The van der Waals surface area contributed by atoms with Crippen LogP contribution in [0.3, 0.4) is 0 Å². The van der Waals surface area contributed by atoms with Crippen molar-refractivity contribution < 1.29 is 9.90 Å². The fourth-order valence-corrected chi connectivity index (χ4v) is 2.96. The molecule has 5 nitrogen and oxygen atoms in total. The van der Waals surface area contributed by atoms with Crippen LogP contribution in [0.4, 0.5) is 5.82 Å². The molecule has 1 aliphatic carbocycles. The number of carboxylic acid groups (broad SMARTS) is 1. The minimum absolute atomic E-state index is 0.0558. The summed E-state index contributed by atoms with van der Waals surface area (Å²) in [5, 5.41) is 9.00. The molecule has 0 spiro atoms. The van der Waals surface area contributed by atoms with E-state index in [0.29, 0.717) is 0 Å². The Morgan fingerprint density at radius 2 is 2.10 bits per heavy atom. The van der Waals surface area contributed by atoms with Gasteiger partial charge in [0.25, 0.3) is 0 Å². The van der Waals surface area contributed by atoms with E-state index in [9.17, 15) is 4.79 Å². The van der Waals surface area contributed by atoms with Crippen molar-refractivity contribution in [3.63, 3.8) is 0 Å². The number of carboxylic acids is 1. The topological polar surface area (TPSA) is 66.3 Å². The summed E-state index contributed by atoms with van der Waals surface area (Å²) in [4.78, 5) is 21.9. The van der Waals surface area contributed by atoms with E-state index in [1.54, 1.807) is 6.33 Å². The largest absolute Gasteiger partial charge is 0.481 e. The summed E-state index contributed by atoms with van der Waals surface area (Å²) >= 11 is 0. The number of anilines is 1. The number of hydrogen-bond donors (Lipinski definition) is 1. The first kappa shape index (κ1) is 14.8. The van der Waals surface area contributed by atoms with Gasteiger partial charge in [0.05, 0.1) is 6.42 Å². The van der Waals surface area contributed by atoms with Gasteiger partial charge in [-0.1, -0.05) is 6.42 Å². The molecule has 1 aliphatic rings. The van der Waals surface area contributed by atoms with Crippen molar-refractivity contribution in [1.82, 2.24) is 9.97 Å². The fraction of sp³-hybridized carbons (Fsp3) is 0.667. The van der Waals surface area contributed by atoms with Crippen LogP contribution in [0.2, 0.25) is 0 Å². The molecule has 1 unspecified atom stereocenters. The van der Waals surface area contributed by atoms with Gasteiger partial charge in [-0.25, -0.2) is 9.97 Å². The highest BCUT2D eigenvalue weighted by Crippen LogP contribution is 2.28. The SMILES string of the molecule is CCN(c1ncnc2c1CCCCC2)C(C)CC(=O)O. The maximum absolute atomic E-state index is 10.9. The molecule has 0 fully saturated rings. The molecule has 1 aromatic heterocycles. The van der Waals surface area contributed by atoms with Gasteiger partial charge in [-0.15, -0.1) is 0 Å². The highest BCUT2D eigenvalue weighted by Gasteiger charge is 2.22. The molecule has 0 aliphatic heterocycles. The molecular weight excluding hydrogens is 254 g/mol. The quantitative estimate of drug-likeness (QED) is 0.837. The second-order valence-corrected chi connectivity index (χ2v) is 5.42. The standard InChI is InChI=1S/C15H23N3O2/c1-3-18(11(2)9-14(19)20)15-12-7-5-4-6-8-13(12)16-10-17-15/h10-11H,3-9H2,1-2H3,(H,19,20). The smallest absolute Gasteiger partial charge is 0.305 e. The summed E-state index contributed by atoms with van der Waals surface area (Å²) in [5.41, 5.74) is 2.37. The van der Waals surface area contributed by atoms with Crippen LogP contribution in [0, 0.1) is 0 Å². The van der Waals surface area contributed by atoms with Crippen LogP contribution in [0.15, 0.2) is 6.33 Å². The molecule has 0 aromatic carbocycles. The van der Waals surface area contributed by atoms with Crippen LogP contribution in [-0.4, -0.2) is 33.6 Å². The molecule has 20 heavy (non-hydrogen) atoms. The number of aryl methyl sites for hydroxylation is 1. The summed E-state index contributed by atoms with van der Waals surface area (Å²) in [5.74, 6) is 0.171. The summed E-state index contributed by atoms with van der Waals surface area (Å²) in [6.45, 7) is 4.75. The molecule has 0 bridgehead atoms. The molecule has 1 heterocycles. The Labute approximate surface area is 120 Å². The van der Waals surface area contributed by atoms with Crippen LogP contribution in [0.1, 0.15) is 50.8 Å². The van der Waals surface area contributed by atoms with Crippen LogP contribution in [0.5, 0.6) is 0 Å². The minimum Gasteiger partial charge on any atom is -0.481 e. The number of nitrogens with zero attached hydrogens (tertiary/aromatic N) is 3. The van der Waals surface area contributed by atoms with Crippen molar-refractivity contribution in [1.29, 1.82) is 0 Å². The highest BCUT2D eigenvalue weighted by molar-refractivity contribution is 5.68. The third kappa shape index (κ3) is 3.26. The third-order valence-electron chi connectivity index (χ3n) is 3.97. The maximum atomic E-state index is 10.9.